The molecule has 0 radical (unpaired) electrons. The highest BCUT2D eigenvalue weighted by molar-refractivity contribution is 6.14. The van der Waals surface area contributed by atoms with Gasteiger partial charge in [0.2, 0.25) is 0 Å². The molecule has 1 aromatic heterocycles. The minimum Gasteiger partial charge on any atom is -0.310 e. The van der Waals surface area contributed by atoms with Crippen molar-refractivity contribution in [1.29, 1.82) is 0 Å². The second kappa shape index (κ2) is 13.2. The predicted octanol–water partition coefficient (Wildman–Crippen LogP) is 14.6. The molecule has 0 atom stereocenters. The van der Waals surface area contributed by atoms with Gasteiger partial charge in [-0.05, 0) is 104 Å². The fourth-order valence-corrected chi connectivity index (χ4v) is 8.34. The standard InChI is InChI=1S/C53H40N2/c1-53(2,44-24-21-38-15-9-10-16-40(38)33-44)43-25-29-47(30-26-43)54(46-27-22-39(23-28-46)37-13-5-3-6-14-37)48-31-32-49-50-34-41-17-11-12-18-42(41)35-51(50)55(52(49)36-48)45-19-7-4-8-20-45/h3-36H,1-2H3. The number of aromatic nitrogens is 1. The van der Waals surface area contributed by atoms with Crippen molar-refractivity contribution in [3.63, 3.8) is 0 Å². The summed E-state index contributed by atoms with van der Waals surface area (Å²) in [6.45, 7) is 4.65. The zero-order valence-electron chi connectivity index (χ0n) is 31.0. The normalized spacial score (nSPS) is 11.8. The fraction of sp³-hybridized carbons (Fsp3) is 0.0566. The van der Waals surface area contributed by atoms with Gasteiger partial charge in [-0.2, -0.15) is 0 Å². The molecule has 55 heavy (non-hydrogen) atoms. The van der Waals surface area contributed by atoms with Gasteiger partial charge in [0.05, 0.1) is 11.0 Å². The van der Waals surface area contributed by atoms with Crippen LogP contribution in [-0.2, 0) is 5.41 Å². The first kappa shape index (κ1) is 32.7. The average molecular weight is 705 g/mol. The van der Waals surface area contributed by atoms with E-state index in [-0.39, 0.29) is 5.41 Å². The van der Waals surface area contributed by atoms with Crippen LogP contribution in [0.15, 0.2) is 206 Å². The van der Waals surface area contributed by atoms with Crippen LogP contribution in [0.1, 0.15) is 25.0 Å². The SMILES string of the molecule is CC(C)(c1ccc(N(c2ccc(-c3ccccc3)cc2)c2ccc3c4cc5ccccc5cc4n(-c4ccccc4)c3c2)cc1)c1ccc2ccccc2c1. The predicted molar refractivity (Wildman–Crippen MR) is 234 cm³/mol. The molecule has 10 aromatic rings. The van der Waals surface area contributed by atoms with E-state index in [1.54, 1.807) is 0 Å². The van der Waals surface area contributed by atoms with E-state index in [4.69, 9.17) is 0 Å². The molecule has 0 aliphatic carbocycles. The Labute approximate surface area is 322 Å². The maximum atomic E-state index is 2.42. The molecule has 0 fully saturated rings. The van der Waals surface area contributed by atoms with Crippen LogP contribution >= 0.6 is 0 Å². The van der Waals surface area contributed by atoms with Gasteiger partial charge in [-0.25, -0.2) is 0 Å². The molecule has 0 spiro atoms. The maximum Gasteiger partial charge on any atom is 0.0561 e. The summed E-state index contributed by atoms with van der Waals surface area (Å²) in [5.74, 6) is 0. The summed E-state index contributed by atoms with van der Waals surface area (Å²) >= 11 is 0. The summed E-state index contributed by atoms with van der Waals surface area (Å²) in [6.07, 6.45) is 0. The topological polar surface area (TPSA) is 8.17 Å². The average Bonchev–Trinajstić information content (AvgIpc) is 3.56. The lowest BCUT2D eigenvalue weighted by atomic mass is 9.77. The highest BCUT2D eigenvalue weighted by Gasteiger charge is 2.25. The highest BCUT2D eigenvalue weighted by Crippen LogP contribution is 2.42. The van der Waals surface area contributed by atoms with E-state index in [1.807, 2.05) is 0 Å². The molecule has 0 saturated carbocycles. The van der Waals surface area contributed by atoms with Crippen molar-refractivity contribution < 1.29 is 0 Å². The maximum absolute atomic E-state index is 2.42. The number of nitrogens with zero attached hydrogens (tertiary/aromatic N) is 2. The van der Waals surface area contributed by atoms with Crippen molar-refractivity contribution in [3.05, 3.63) is 217 Å². The molecule has 2 nitrogen and oxygen atoms in total. The molecule has 9 aromatic carbocycles. The first-order valence-corrected chi connectivity index (χ1v) is 19.1. The lowest BCUT2D eigenvalue weighted by Crippen LogP contribution is -2.19. The minimum absolute atomic E-state index is 0.177. The second-order valence-corrected chi connectivity index (χ2v) is 15.1. The molecule has 0 unspecified atom stereocenters. The smallest absolute Gasteiger partial charge is 0.0561 e. The van der Waals surface area contributed by atoms with Gasteiger partial charge in [0.15, 0.2) is 0 Å². The number of benzene rings is 9. The van der Waals surface area contributed by atoms with Crippen molar-refractivity contribution in [2.75, 3.05) is 4.90 Å². The van der Waals surface area contributed by atoms with Crippen LogP contribution in [0.4, 0.5) is 17.1 Å². The molecule has 0 bridgehead atoms. The van der Waals surface area contributed by atoms with Crippen molar-refractivity contribution >= 4 is 60.4 Å². The van der Waals surface area contributed by atoms with E-state index in [9.17, 15) is 0 Å². The molecular formula is C53H40N2. The summed E-state index contributed by atoms with van der Waals surface area (Å²) < 4.78 is 2.42. The van der Waals surface area contributed by atoms with Crippen molar-refractivity contribution in [2.45, 2.75) is 19.3 Å². The van der Waals surface area contributed by atoms with Crippen molar-refractivity contribution in [3.8, 4) is 16.8 Å². The Morgan fingerprint density at radius 1 is 0.364 bits per heavy atom. The van der Waals surface area contributed by atoms with Gasteiger partial charge < -0.3 is 9.47 Å². The molecule has 0 saturated heterocycles. The summed E-state index contributed by atoms with van der Waals surface area (Å²) in [7, 11) is 0. The highest BCUT2D eigenvalue weighted by atomic mass is 15.1. The molecule has 0 amide bonds. The molecule has 10 rings (SSSR count). The number of hydrogen-bond donors (Lipinski definition) is 0. The van der Waals surface area contributed by atoms with Crippen LogP contribution < -0.4 is 4.90 Å². The van der Waals surface area contributed by atoms with Gasteiger partial charge in [0, 0.05) is 38.9 Å². The third kappa shape index (κ3) is 5.75. The van der Waals surface area contributed by atoms with Crippen LogP contribution in [0.25, 0.3) is 60.2 Å². The Balaban J connectivity index is 1.13. The lowest BCUT2D eigenvalue weighted by molar-refractivity contribution is 0.642. The van der Waals surface area contributed by atoms with E-state index in [2.05, 4.69) is 230 Å². The second-order valence-electron chi connectivity index (χ2n) is 15.1. The Hall–Kier alpha value is -6.90. The largest absolute Gasteiger partial charge is 0.310 e. The van der Waals surface area contributed by atoms with E-state index in [1.165, 1.54) is 65.6 Å². The number of fused-ring (bicyclic) bond motifs is 5. The van der Waals surface area contributed by atoms with Gasteiger partial charge in [-0.1, -0.05) is 159 Å². The quantitative estimate of drug-likeness (QED) is 0.160. The summed E-state index contributed by atoms with van der Waals surface area (Å²) in [4.78, 5) is 2.39. The van der Waals surface area contributed by atoms with Crippen LogP contribution in [0, 0.1) is 0 Å². The van der Waals surface area contributed by atoms with E-state index >= 15 is 0 Å². The molecule has 1 heterocycles. The van der Waals surface area contributed by atoms with Gasteiger partial charge in [0.25, 0.3) is 0 Å². The lowest BCUT2D eigenvalue weighted by Gasteiger charge is -2.29. The zero-order valence-corrected chi connectivity index (χ0v) is 31.0. The van der Waals surface area contributed by atoms with Crippen molar-refractivity contribution in [1.82, 2.24) is 4.57 Å². The number of rotatable bonds is 7. The molecule has 262 valence electrons. The number of anilines is 3. The van der Waals surface area contributed by atoms with Gasteiger partial charge >= 0.3 is 0 Å². The summed E-state index contributed by atoms with van der Waals surface area (Å²) in [6, 6.07) is 75.3. The van der Waals surface area contributed by atoms with Crippen LogP contribution in [0.3, 0.4) is 0 Å². The van der Waals surface area contributed by atoms with Crippen LogP contribution in [0.2, 0.25) is 0 Å². The monoisotopic (exact) mass is 704 g/mol. The third-order valence-corrected chi connectivity index (χ3v) is 11.4. The van der Waals surface area contributed by atoms with Gasteiger partial charge in [0.1, 0.15) is 0 Å². The molecule has 0 aliphatic rings. The van der Waals surface area contributed by atoms with Gasteiger partial charge in [-0.15, -0.1) is 0 Å². The molecule has 0 aliphatic heterocycles. The van der Waals surface area contributed by atoms with E-state index in [0.717, 1.165) is 22.7 Å². The summed E-state index contributed by atoms with van der Waals surface area (Å²) in [5, 5.41) is 7.51. The molecule has 2 heteroatoms. The van der Waals surface area contributed by atoms with Crippen molar-refractivity contribution in [2.24, 2.45) is 0 Å². The molecular weight excluding hydrogens is 665 g/mol. The van der Waals surface area contributed by atoms with Gasteiger partial charge in [-0.3, -0.25) is 0 Å². The third-order valence-electron chi connectivity index (χ3n) is 11.4. The fourth-order valence-electron chi connectivity index (χ4n) is 8.34. The van der Waals surface area contributed by atoms with Crippen LogP contribution in [0.5, 0.6) is 0 Å². The first-order valence-electron chi connectivity index (χ1n) is 19.1. The Kier molecular flexibility index (Phi) is 7.85. The van der Waals surface area contributed by atoms with E-state index in [0.29, 0.717) is 0 Å². The zero-order chi connectivity index (χ0) is 36.9. The minimum atomic E-state index is -0.177. The number of hydrogen-bond acceptors (Lipinski definition) is 1. The first-order chi connectivity index (χ1) is 27.0. The molecule has 0 N–H and O–H groups in total. The van der Waals surface area contributed by atoms with Crippen LogP contribution in [-0.4, -0.2) is 4.57 Å². The Morgan fingerprint density at radius 2 is 0.873 bits per heavy atom. The van der Waals surface area contributed by atoms with E-state index < -0.39 is 0 Å². The summed E-state index contributed by atoms with van der Waals surface area (Å²) in [5.41, 5.74) is 11.7. The Morgan fingerprint density at radius 3 is 1.56 bits per heavy atom. The Bertz CT molecular complexity index is 2970. The number of para-hydroxylation sites is 1.